The van der Waals surface area contributed by atoms with Gasteiger partial charge in [-0.1, -0.05) is 267 Å². The second-order valence-electron chi connectivity index (χ2n) is 23.9. The Hall–Kier alpha value is -8.85. The van der Waals surface area contributed by atoms with Crippen molar-refractivity contribution in [3.8, 4) is 0 Å². The van der Waals surface area contributed by atoms with Crippen molar-refractivity contribution < 1.29 is 48.6 Å². The van der Waals surface area contributed by atoms with Crippen molar-refractivity contribution in [3.63, 3.8) is 0 Å². The zero-order valence-corrected chi connectivity index (χ0v) is 50.9. The average Bonchev–Trinajstić information content (AvgIpc) is 1.62. The molecule has 4 aliphatic rings. The van der Waals surface area contributed by atoms with Gasteiger partial charge >= 0.3 is 0 Å². The van der Waals surface area contributed by atoms with Crippen molar-refractivity contribution in [1.29, 1.82) is 0 Å². The molecule has 1 aromatic heterocycles. The third-order valence-electron chi connectivity index (χ3n) is 18.4. The molecular formula is C80H77NO10. The first-order valence-corrected chi connectivity index (χ1v) is 31.5. The monoisotopic (exact) mass is 1210 g/mol. The van der Waals surface area contributed by atoms with Crippen molar-refractivity contribution in [3.05, 3.63) is 354 Å². The largest absolute Gasteiger partial charge is 0.459 e. The summed E-state index contributed by atoms with van der Waals surface area (Å²) in [5.41, 5.74) is 0.0803. The number of aliphatic hydroxyl groups is 4. The van der Waals surface area contributed by atoms with Gasteiger partial charge < -0.3 is 48.7 Å². The molecule has 462 valence electrons. The Morgan fingerprint density at radius 1 is 0.374 bits per heavy atom. The lowest BCUT2D eigenvalue weighted by Gasteiger charge is -2.42. The summed E-state index contributed by atoms with van der Waals surface area (Å²) in [4.78, 5) is 13.8. The van der Waals surface area contributed by atoms with Crippen LogP contribution in [0.3, 0.4) is 0 Å². The van der Waals surface area contributed by atoms with Crippen LogP contribution in [-0.2, 0) is 41.4 Å². The zero-order chi connectivity index (χ0) is 62.8. The number of para-hydroxylation sites is 1. The van der Waals surface area contributed by atoms with Crippen LogP contribution >= 0.6 is 0 Å². The molecule has 0 radical (unpaired) electrons. The summed E-state index contributed by atoms with van der Waals surface area (Å²) in [6, 6.07) is 89.5. The molecule has 11 nitrogen and oxygen atoms in total. The molecule has 4 atom stereocenters. The topological polar surface area (TPSA) is 151 Å². The molecule has 1 amide bonds. The van der Waals surface area contributed by atoms with Gasteiger partial charge in [0.05, 0.1) is 6.26 Å². The van der Waals surface area contributed by atoms with Gasteiger partial charge in [-0.15, -0.1) is 6.58 Å². The first-order chi connectivity index (χ1) is 44.4. The van der Waals surface area contributed by atoms with Crippen LogP contribution < -0.4 is 4.90 Å². The van der Waals surface area contributed by atoms with E-state index in [2.05, 4.69) is 6.58 Å². The van der Waals surface area contributed by atoms with Crippen molar-refractivity contribution in [2.45, 2.75) is 110 Å². The minimum Gasteiger partial charge on any atom is -0.459 e. The number of amides is 1. The minimum atomic E-state index is -1.57. The Labute approximate surface area is 533 Å². The molecule has 2 aliphatic carbocycles. The fourth-order valence-electron chi connectivity index (χ4n) is 13.8. The van der Waals surface area contributed by atoms with Crippen molar-refractivity contribution >= 4 is 11.6 Å². The van der Waals surface area contributed by atoms with Crippen LogP contribution in [-0.4, -0.2) is 68.9 Å². The van der Waals surface area contributed by atoms with E-state index >= 15 is 0 Å². The second kappa shape index (κ2) is 27.3. The number of nitrogens with zero attached hydrogens (tertiary/aromatic N) is 1. The van der Waals surface area contributed by atoms with E-state index in [1.807, 2.05) is 273 Å². The summed E-state index contributed by atoms with van der Waals surface area (Å²) in [6.45, 7) is 4.11. The number of furan rings is 1. The van der Waals surface area contributed by atoms with Crippen molar-refractivity contribution in [2.75, 3.05) is 11.4 Å². The average molecular weight is 1210 g/mol. The Balaban J connectivity index is 0.000000141. The van der Waals surface area contributed by atoms with E-state index in [0.717, 1.165) is 57.1 Å². The Morgan fingerprint density at radius 2 is 0.604 bits per heavy atom. The quantitative estimate of drug-likeness (QED) is 0.0688. The predicted octanol–water partition coefficient (Wildman–Crippen LogP) is 14.9. The van der Waals surface area contributed by atoms with Gasteiger partial charge in [-0.3, -0.25) is 4.79 Å². The summed E-state index contributed by atoms with van der Waals surface area (Å²) in [6.07, 6.45) is 6.42. The molecule has 14 rings (SSSR count). The van der Waals surface area contributed by atoms with Crippen molar-refractivity contribution in [1.82, 2.24) is 0 Å². The Morgan fingerprint density at radius 3 is 0.813 bits per heavy atom. The van der Waals surface area contributed by atoms with Gasteiger partial charge in [-0.25, -0.2) is 0 Å². The molecule has 2 spiro atoms. The predicted molar refractivity (Wildman–Crippen MR) is 352 cm³/mol. The second-order valence-corrected chi connectivity index (χ2v) is 23.9. The van der Waals surface area contributed by atoms with Gasteiger partial charge in [0.1, 0.15) is 46.8 Å². The highest BCUT2D eigenvalue weighted by Crippen LogP contribution is 2.56. The minimum absolute atomic E-state index is 0.166. The number of ether oxygens (including phenoxy) is 4. The number of hydrogen-bond acceptors (Lipinski definition) is 10. The number of benzene rings is 9. The Bertz CT molecular complexity index is 3310. The molecule has 9 aromatic carbocycles. The van der Waals surface area contributed by atoms with Gasteiger partial charge in [-0.2, -0.15) is 0 Å². The molecule has 0 bridgehead atoms. The van der Waals surface area contributed by atoms with Gasteiger partial charge in [-0.05, 0) is 94.5 Å². The van der Waals surface area contributed by atoms with Crippen molar-refractivity contribution in [2.24, 2.45) is 0 Å². The smallest absolute Gasteiger partial charge is 0.294 e. The third-order valence-corrected chi connectivity index (χ3v) is 18.4. The van der Waals surface area contributed by atoms with Gasteiger partial charge in [0.2, 0.25) is 0 Å². The van der Waals surface area contributed by atoms with Gasteiger partial charge in [0.15, 0.2) is 17.3 Å². The normalized spacial score (nSPS) is 19.2. The van der Waals surface area contributed by atoms with E-state index in [0.29, 0.717) is 56.8 Å². The molecule has 4 fully saturated rings. The molecule has 4 N–H and O–H groups in total. The fraction of sp³-hybridized carbons (Fsp3) is 0.237. The number of rotatable bonds is 16. The van der Waals surface area contributed by atoms with E-state index in [4.69, 9.17) is 23.4 Å². The van der Waals surface area contributed by atoms with Crippen LogP contribution in [0.4, 0.5) is 5.69 Å². The van der Waals surface area contributed by atoms with E-state index in [9.17, 15) is 25.2 Å². The molecule has 0 unspecified atom stereocenters. The van der Waals surface area contributed by atoms with E-state index in [1.54, 1.807) is 23.1 Å². The number of anilines is 1. The summed E-state index contributed by atoms with van der Waals surface area (Å²) in [5.74, 6) is -1.55. The van der Waals surface area contributed by atoms with Crippen LogP contribution in [0, 0.1) is 0 Å². The lowest BCUT2D eigenvalue weighted by molar-refractivity contribution is -0.192. The van der Waals surface area contributed by atoms with E-state index < -0.39 is 58.4 Å². The standard InChI is InChI=1S/2C33H32O4.C14H13NO2/c2*34-32(25-15-5-1-6-16-25,26-17-7-2-8-18-26)29-30(37-31(36-29)23-13-14-24-31)33(35,27-19-9-3-10-20-27)28-21-11-4-12-22-28;1-2-10-15(12-7-4-3-5-8-12)14(16)13-9-6-11-17-13/h2*1-12,15-22,29-30,34-35H,13-14,23-24H2;2-9,11H,1,10H2/t2*29-,30-;/m11./s1. The van der Waals surface area contributed by atoms with Crippen LogP contribution in [0.2, 0.25) is 0 Å². The lowest BCUT2D eigenvalue weighted by Crippen LogP contribution is -2.54. The number of carbonyl (C=O) groups excluding carboxylic acids is 1. The van der Waals surface area contributed by atoms with Crippen LogP contribution in [0.25, 0.3) is 0 Å². The number of hydrogen-bond donors (Lipinski definition) is 4. The zero-order valence-electron chi connectivity index (χ0n) is 50.9. The first-order valence-electron chi connectivity index (χ1n) is 31.5. The molecule has 2 saturated carbocycles. The summed E-state index contributed by atoms with van der Waals surface area (Å²) < 4.78 is 32.5. The molecule has 11 heteroatoms. The van der Waals surface area contributed by atoms with Gasteiger partial charge in [0.25, 0.3) is 5.91 Å². The maximum Gasteiger partial charge on any atom is 0.294 e. The summed E-state index contributed by atoms with van der Waals surface area (Å²) in [7, 11) is 0. The lowest BCUT2D eigenvalue weighted by atomic mass is 9.72. The van der Waals surface area contributed by atoms with Gasteiger partial charge in [0, 0.05) is 37.9 Å². The third kappa shape index (κ3) is 12.3. The molecule has 3 heterocycles. The maximum absolute atomic E-state index is 12.8. The first kappa shape index (κ1) is 62.3. The number of carbonyl (C=O) groups is 1. The summed E-state index contributed by atoms with van der Waals surface area (Å²) in [5, 5.41) is 51.2. The molecular weight excluding hydrogens is 1130 g/mol. The molecule has 2 saturated heterocycles. The SMILES string of the molecule is C=CCN(C(=O)c1ccco1)c1ccccc1.OC(c1ccccc1)(c1ccccc1)[C@@H]1OC2(CCCC2)O[C@H]1C(O)(c1ccccc1)c1ccccc1.OC(c1ccccc1)(c1ccccc1)[C@@H]1OC2(CCCC2)O[C@H]1C(O)(c1ccccc1)c1ccccc1. The highest BCUT2D eigenvalue weighted by atomic mass is 16.8. The fourth-order valence-corrected chi connectivity index (χ4v) is 13.8. The highest BCUT2D eigenvalue weighted by Gasteiger charge is 2.65. The highest BCUT2D eigenvalue weighted by molar-refractivity contribution is 6.04. The van der Waals surface area contributed by atoms with E-state index in [1.165, 1.54) is 6.26 Å². The van der Waals surface area contributed by atoms with Crippen LogP contribution in [0.5, 0.6) is 0 Å². The van der Waals surface area contributed by atoms with Crippen LogP contribution in [0.1, 0.15) is 106 Å². The molecule has 2 aliphatic heterocycles. The maximum atomic E-state index is 12.8. The summed E-state index contributed by atoms with van der Waals surface area (Å²) >= 11 is 0. The molecule has 10 aromatic rings. The van der Waals surface area contributed by atoms with E-state index in [-0.39, 0.29) is 5.91 Å². The van der Waals surface area contributed by atoms with Crippen LogP contribution in [0.15, 0.2) is 308 Å². The molecule has 91 heavy (non-hydrogen) atoms. The Kier molecular flexibility index (Phi) is 18.7.